The zero-order valence-electron chi connectivity index (χ0n) is 12.1. The summed E-state index contributed by atoms with van der Waals surface area (Å²) in [5, 5.41) is 6.30. The van der Waals surface area contributed by atoms with Gasteiger partial charge in [0, 0.05) is 23.6 Å². The fourth-order valence-electron chi connectivity index (χ4n) is 2.11. The number of nitrogens with zero attached hydrogens (tertiary/aromatic N) is 3. The van der Waals surface area contributed by atoms with Crippen molar-refractivity contribution in [2.75, 3.05) is 5.32 Å². The van der Waals surface area contributed by atoms with Crippen LogP contribution in [0.2, 0.25) is 0 Å². The number of rotatable bonds is 4. The molecule has 1 N–H and O–H groups in total. The van der Waals surface area contributed by atoms with E-state index in [1.54, 1.807) is 12.3 Å². The molecule has 0 atom stereocenters. The Kier molecular flexibility index (Phi) is 4.07. The summed E-state index contributed by atoms with van der Waals surface area (Å²) < 4.78 is 45.6. The van der Waals surface area contributed by atoms with Crippen molar-refractivity contribution < 1.29 is 22.4 Å². The zero-order chi connectivity index (χ0) is 17.2. The number of hydrogen-bond acceptors (Lipinski definition) is 4. The Morgan fingerprint density at radius 3 is 2.75 bits per heavy atom. The molecule has 0 fully saturated rings. The van der Waals surface area contributed by atoms with Gasteiger partial charge in [-0.25, -0.2) is 4.98 Å². The maximum Gasteiger partial charge on any atom is 0.416 e. The van der Waals surface area contributed by atoms with Crippen LogP contribution in [0.25, 0.3) is 11.3 Å². The minimum atomic E-state index is -4.56. The van der Waals surface area contributed by atoms with Crippen LogP contribution in [-0.2, 0) is 17.5 Å². The Balaban J connectivity index is 1.89. The van der Waals surface area contributed by atoms with E-state index in [0.29, 0.717) is 0 Å². The number of oxazole rings is 1. The van der Waals surface area contributed by atoms with E-state index in [9.17, 15) is 18.0 Å². The Bertz CT molecular complexity index is 827. The molecule has 2 heterocycles. The van der Waals surface area contributed by atoms with Gasteiger partial charge in [-0.3, -0.25) is 9.48 Å². The summed E-state index contributed by atoms with van der Waals surface area (Å²) in [5.74, 6) is -0.329. The summed E-state index contributed by atoms with van der Waals surface area (Å²) in [5.41, 5.74) is -0.726. The van der Waals surface area contributed by atoms with Gasteiger partial charge in [-0.05, 0) is 24.3 Å². The van der Waals surface area contributed by atoms with Crippen molar-refractivity contribution in [1.82, 2.24) is 14.8 Å². The van der Waals surface area contributed by atoms with Gasteiger partial charge in [0.15, 0.2) is 12.2 Å². The van der Waals surface area contributed by atoms with Gasteiger partial charge in [-0.15, -0.1) is 0 Å². The largest absolute Gasteiger partial charge is 0.444 e. The Morgan fingerprint density at radius 1 is 1.29 bits per heavy atom. The molecule has 0 aliphatic rings. The third kappa shape index (κ3) is 3.62. The molecule has 6 nitrogen and oxygen atoms in total. The lowest BCUT2D eigenvalue weighted by Gasteiger charge is -2.12. The molecular weight excluding hydrogens is 325 g/mol. The number of hydrogen-bond donors (Lipinski definition) is 1. The van der Waals surface area contributed by atoms with Crippen LogP contribution in [0.4, 0.5) is 18.9 Å². The normalized spacial score (nSPS) is 11.5. The number of carbonyl (C=O) groups is 1. The van der Waals surface area contributed by atoms with E-state index in [-0.39, 0.29) is 23.6 Å². The van der Waals surface area contributed by atoms with Crippen molar-refractivity contribution in [3.05, 3.63) is 54.8 Å². The molecule has 9 heteroatoms. The summed E-state index contributed by atoms with van der Waals surface area (Å²) in [6, 6.07) is 4.82. The molecule has 0 aliphatic carbocycles. The topological polar surface area (TPSA) is 73.0 Å². The molecule has 0 spiro atoms. The maximum atomic E-state index is 13.1. The second-order valence-corrected chi connectivity index (χ2v) is 4.91. The van der Waals surface area contributed by atoms with Crippen molar-refractivity contribution in [1.29, 1.82) is 0 Å². The average molecular weight is 336 g/mol. The number of aromatic nitrogens is 3. The number of nitrogens with one attached hydrogen (secondary N) is 1. The monoisotopic (exact) mass is 336 g/mol. The van der Waals surface area contributed by atoms with Gasteiger partial charge in [0.1, 0.15) is 6.54 Å². The highest BCUT2D eigenvalue weighted by Crippen LogP contribution is 2.34. The lowest BCUT2D eigenvalue weighted by molar-refractivity contribution is -0.137. The first-order valence-corrected chi connectivity index (χ1v) is 6.80. The molecule has 0 unspecified atom stereocenters. The molecule has 24 heavy (non-hydrogen) atoms. The van der Waals surface area contributed by atoms with Gasteiger partial charge in [-0.2, -0.15) is 18.3 Å². The maximum absolute atomic E-state index is 13.1. The number of amides is 1. The van der Waals surface area contributed by atoms with Gasteiger partial charge < -0.3 is 9.73 Å². The molecule has 2 aromatic heterocycles. The molecule has 3 aromatic rings. The number of alkyl halides is 3. The fraction of sp³-hybridized carbons (Fsp3) is 0.133. The molecule has 0 saturated carbocycles. The van der Waals surface area contributed by atoms with Crippen molar-refractivity contribution >= 4 is 11.6 Å². The quantitative estimate of drug-likeness (QED) is 0.794. The van der Waals surface area contributed by atoms with E-state index in [1.807, 2.05) is 0 Å². The summed E-state index contributed by atoms with van der Waals surface area (Å²) >= 11 is 0. The highest BCUT2D eigenvalue weighted by atomic mass is 19.4. The van der Waals surface area contributed by atoms with E-state index >= 15 is 0 Å². The molecule has 0 aliphatic heterocycles. The van der Waals surface area contributed by atoms with E-state index in [1.165, 1.54) is 23.1 Å². The minimum absolute atomic E-state index is 0.00776. The van der Waals surface area contributed by atoms with E-state index in [4.69, 9.17) is 4.42 Å². The van der Waals surface area contributed by atoms with Crippen LogP contribution < -0.4 is 5.32 Å². The second-order valence-electron chi connectivity index (χ2n) is 4.91. The predicted molar refractivity (Wildman–Crippen MR) is 77.8 cm³/mol. The third-order valence-corrected chi connectivity index (χ3v) is 3.13. The lowest BCUT2D eigenvalue weighted by Crippen LogP contribution is -2.19. The number of carbonyl (C=O) groups excluding carboxylic acids is 1. The predicted octanol–water partition coefficient (Wildman–Crippen LogP) is 3.20. The van der Waals surface area contributed by atoms with Gasteiger partial charge in [-0.1, -0.05) is 0 Å². The third-order valence-electron chi connectivity index (χ3n) is 3.13. The molecule has 124 valence electrons. The smallest absolute Gasteiger partial charge is 0.416 e. The summed E-state index contributed by atoms with van der Waals surface area (Å²) in [6.45, 7) is -0.110. The van der Waals surface area contributed by atoms with E-state index < -0.39 is 17.6 Å². The van der Waals surface area contributed by atoms with Gasteiger partial charge in [0.25, 0.3) is 0 Å². The first-order valence-electron chi connectivity index (χ1n) is 6.80. The van der Waals surface area contributed by atoms with Crippen LogP contribution in [0.3, 0.4) is 0 Å². The van der Waals surface area contributed by atoms with Gasteiger partial charge in [0.05, 0.1) is 11.8 Å². The van der Waals surface area contributed by atoms with Crippen LogP contribution in [-0.4, -0.2) is 20.7 Å². The minimum Gasteiger partial charge on any atom is -0.444 e. The number of anilines is 1. The summed E-state index contributed by atoms with van der Waals surface area (Å²) in [6.07, 6.45) is 0.930. The van der Waals surface area contributed by atoms with Gasteiger partial charge >= 0.3 is 6.18 Å². The zero-order valence-corrected chi connectivity index (χ0v) is 12.1. The highest BCUT2D eigenvalue weighted by molar-refractivity contribution is 5.91. The molecule has 1 aromatic carbocycles. The second kappa shape index (κ2) is 6.19. The van der Waals surface area contributed by atoms with Crippen molar-refractivity contribution in [2.45, 2.75) is 12.7 Å². The highest BCUT2D eigenvalue weighted by Gasteiger charge is 2.31. The Labute approximate surface area is 133 Å². The molecule has 0 bridgehead atoms. The van der Waals surface area contributed by atoms with E-state index in [0.717, 1.165) is 18.5 Å². The van der Waals surface area contributed by atoms with Crippen molar-refractivity contribution in [3.63, 3.8) is 0 Å². The molecule has 0 saturated heterocycles. The first-order chi connectivity index (χ1) is 11.4. The summed E-state index contributed by atoms with van der Waals surface area (Å²) in [7, 11) is 0. The summed E-state index contributed by atoms with van der Waals surface area (Å²) in [4.78, 5) is 15.6. The SMILES string of the molecule is O=C(Cn1cccn1)Nc1cc(-c2cnco2)cc(C(F)(F)F)c1. The molecular formula is C15H11F3N4O2. The average Bonchev–Trinajstić information content (AvgIpc) is 3.19. The lowest BCUT2D eigenvalue weighted by atomic mass is 10.1. The molecule has 0 radical (unpaired) electrons. The standard InChI is InChI=1S/C15H11F3N4O2/c16-15(17,18)11-4-10(13-7-19-9-24-13)5-12(6-11)21-14(23)8-22-3-1-2-20-22/h1-7,9H,8H2,(H,21,23). The number of halogens is 3. The Morgan fingerprint density at radius 2 is 2.12 bits per heavy atom. The van der Waals surface area contributed by atoms with Crippen LogP contribution in [0.15, 0.2) is 53.7 Å². The molecule has 1 amide bonds. The van der Waals surface area contributed by atoms with Crippen molar-refractivity contribution in [3.8, 4) is 11.3 Å². The van der Waals surface area contributed by atoms with Gasteiger partial charge in [0.2, 0.25) is 5.91 Å². The van der Waals surface area contributed by atoms with E-state index in [2.05, 4.69) is 15.4 Å². The Hall–Kier alpha value is -3.10. The number of benzene rings is 1. The van der Waals surface area contributed by atoms with Crippen LogP contribution in [0.1, 0.15) is 5.56 Å². The molecule has 3 rings (SSSR count). The van der Waals surface area contributed by atoms with Crippen LogP contribution >= 0.6 is 0 Å². The first kappa shape index (κ1) is 15.8. The van der Waals surface area contributed by atoms with Crippen LogP contribution in [0, 0.1) is 0 Å². The van der Waals surface area contributed by atoms with Crippen molar-refractivity contribution in [2.24, 2.45) is 0 Å². The van der Waals surface area contributed by atoms with Crippen LogP contribution in [0.5, 0.6) is 0 Å². The fourth-order valence-corrected chi connectivity index (χ4v) is 2.11.